The Kier molecular flexibility index (Phi) is 11.5. The van der Waals surface area contributed by atoms with Crippen LogP contribution < -0.4 is 15.4 Å². The van der Waals surface area contributed by atoms with Crippen molar-refractivity contribution in [1.29, 1.82) is 0 Å². The Morgan fingerprint density at radius 1 is 1.06 bits per heavy atom. The molecule has 16 heteroatoms. The number of nitrogens with one attached hydrogen (secondary N) is 3. The first-order chi connectivity index (χ1) is 22.5. The van der Waals surface area contributed by atoms with Crippen LogP contribution in [-0.4, -0.2) is 61.7 Å². The molecule has 1 saturated carbocycles. The number of carbonyl (C=O) groups excluding carboxylic acids is 2. The van der Waals surface area contributed by atoms with Crippen LogP contribution in [0.1, 0.15) is 76.3 Å². The largest absolute Gasteiger partial charge is 0.490 e. The van der Waals surface area contributed by atoms with Crippen LogP contribution >= 0.6 is 23.2 Å². The molecule has 4 atom stereocenters. The van der Waals surface area contributed by atoms with Crippen LogP contribution in [0.4, 0.5) is 23.2 Å². The van der Waals surface area contributed by atoms with Crippen molar-refractivity contribution >= 4 is 56.6 Å². The highest BCUT2D eigenvalue weighted by molar-refractivity contribution is 7.88. The number of carboxylic acid groups (broad SMARTS) is 1. The fourth-order valence-electron chi connectivity index (χ4n) is 7.40. The maximum Gasteiger partial charge on any atom is 0.490 e. The van der Waals surface area contributed by atoms with E-state index in [1.165, 1.54) is 6.07 Å². The second-order valence-corrected chi connectivity index (χ2v) is 16.8. The van der Waals surface area contributed by atoms with Crippen molar-refractivity contribution in [3.05, 3.63) is 63.4 Å². The molecule has 0 aromatic heterocycles. The van der Waals surface area contributed by atoms with Crippen molar-refractivity contribution in [3.63, 3.8) is 0 Å². The van der Waals surface area contributed by atoms with Gasteiger partial charge < -0.3 is 15.7 Å². The Balaban J connectivity index is 0.000000698. The number of rotatable bonds is 7. The van der Waals surface area contributed by atoms with Gasteiger partial charge in [-0.2, -0.15) is 13.2 Å². The number of amides is 1. The van der Waals surface area contributed by atoms with Crippen molar-refractivity contribution < 1.29 is 45.5 Å². The molecule has 270 valence electrons. The fourth-order valence-corrected chi connectivity index (χ4v) is 8.60. The van der Waals surface area contributed by atoms with E-state index < -0.39 is 51.4 Å². The van der Waals surface area contributed by atoms with Gasteiger partial charge in [0.1, 0.15) is 11.2 Å². The van der Waals surface area contributed by atoms with E-state index in [1.807, 2.05) is 6.07 Å². The molecule has 1 spiro atoms. The predicted molar refractivity (Wildman–Crippen MR) is 178 cm³/mol. The maximum atomic E-state index is 15.9. The second-order valence-electron chi connectivity index (χ2n) is 14.2. The average Bonchev–Trinajstić information content (AvgIpc) is 3.43. The number of ketones is 1. The van der Waals surface area contributed by atoms with Gasteiger partial charge in [-0.05, 0) is 72.8 Å². The fraction of sp³-hybridized carbons (Fsp3) is 0.545. The molecule has 2 aliphatic heterocycles. The summed E-state index contributed by atoms with van der Waals surface area (Å²) in [4.78, 5) is 37.4. The summed E-state index contributed by atoms with van der Waals surface area (Å²) in [6.07, 6.45) is -0.465. The number of halogens is 6. The Bertz CT molecular complexity index is 1710. The van der Waals surface area contributed by atoms with Gasteiger partial charge in [0.25, 0.3) is 0 Å². The normalized spacial score (nSPS) is 26.9. The van der Waals surface area contributed by atoms with Gasteiger partial charge >= 0.3 is 12.1 Å². The minimum absolute atomic E-state index is 0.0582. The number of hydrogen-bond acceptors (Lipinski definition) is 6. The minimum atomic E-state index is -5.08. The van der Waals surface area contributed by atoms with E-state index in [4.69, 9.17) is 33.1 Å². The number of sulfonamides is 1. The third-order valence-electron chi connectivity index (χ3n) is 9.25. The Morgan fingerprint density at radius 2 is 1.67 bits per heavy atom. The smallest absolute Gasteiger partial charge is 0.475 e. The molecule has 0 bridgehead atoms. The van der Waals surface area contributed by atoms with Crippen LogP contribution in [-0.2, 0) is 29.8 Å². The summed E-state index contributed by atoms with van der Waals surface area (Å²) in [7, 11) is -3.31. The lowest BCUT2D eigenvalue weighted by Crippen LogP contribution is -2.49. The Labute approximate surface area is 292 Å². The summed E-state index contributed by atoms with van der Waals surface area (Å²) in [5.41, 5.74) is -0.0312. The predicted octanol–water partition coefficient (Wildman–Crippen LogP) is 6.58. The van der Waals surface area contributed by atoms with Gasteiger partial charge in [-0.1, -0.05) is 62.2 Å². The molecule has 0 radical (unpaired) electrons. The van der Waals surface area contributed by atoms with Gasteiger partial charge in [0.05, 0.1) is 17.3 Å². The standard InChI is InChI=1S/C31H38Cl2FN3O4S.C2HF3O2/c1-30(2,3)16-25-31(21-13-10-18(32)15-23(21)35-29(31)39)26(20-6-5-7-22(33)27(20)34)28(36-25)24(38)14-17-8-11-19(12-9-17)37-42(4,40)41;3-2(4,5)1(6)7/h5-7,10,13,15,17,19,25-26,28,36-37H,8-9,11-12,14,16H2,1-4H3,(H,35,39);(H,6,7)/t17?,19?,25-,26+,28+,31+;/m1./s1. The van der Waals surface area contributed by atoms with Gasteiger partial charge in [-0.15, -0.1) is 0 Å². The number of Topliss-reactive ketones (excluding diaryl/α,β-unsaturated/α-hetero) is 1. The summed E-state index contributed by atoms with van der Waals surface area (Å²) in [5.74, 6) is -4.59. The third kappa shape index (κ3) is 8.76. The molecule has 9 nitrogen and oxygen atoms in total. The maximum absolute atomic E-state index is 15.9. The van der Waals surface area contributed by atoms with Crippen molar-refractivity contribution in [2.75, 3.05) is 11.6 Å². The van der Waals surface area contributed by atoms with Crippen LogP contribution in [0.15, 0.2) is 36.4 Å². The Hall–Kier alpha value is -2.78. The zero-order valence-electron chi connectivity index (χ0n) is 27.3. The van der Waals surface area contributed by atoms with Crippen LogP contribution in [0.2, 0.25) is 10.0 Å². The lowest BCUT2D eigenvalue weighted by molar-refractivity contribution is -0.192. The van der Waals surface area contributed by atoms with E-state index in [1.54, 1.807) is 24.3 Å². The third-order valence-corrected chi connectivity index (χ3v) is 10.5. The molecule has 0 unspecified atom stereocenters. The van der Waals surface area contributed by atoms with Gasteiger partial charge in [0.2, 0.25) is 15.9 Å². The van der Waals surface area contributed by atoms with Crippen molar-refractivity contribution in [2.24, 2.45) is 11.3 Å². The highest BCUT2D eigenvalue weighted by atomic mass is 35.5. The number of anilines is 1. The first-order valence-corrected chi connectivity index (χ1v) is 18.3. The van der Waals surface area contributed by atoms with Crippen LogP contribution in [0.3, 0.4) is 0 Å². The summed E-state index contributed by atoms with van der Waals surface area (Å²) < 4.78 is 73.7. The van der Waals surface area contributed by atoms with Gasteiger partial charge in [-0.3, -0.25) is 9.59 Å². The topological polar surface area (TPSA) is 142 Å². The van der Waals surface area contributed by atoms with E-state index >= 15 is 4.39 Å². The quantitative estimate of drug-likeness (QED) is 0.234. The average molecular weight is 753 g/mol. The number of carboxylic acids is 1. The number of alkyl halides is 3. The SMILES string of the molecule is CC(C)(C)C[C@H]1N[C@@H](C(=O)CC2CCC(NS(C)(=O)=O)CC2)[C@H](c2cccc(Cl)c2F)[C@@]12C(=O)Nc1cc(Cl)ccc12.O=C(O)C(F)(F)F. The van der Waals surface area contributed by atoms with E-state index in [0.717, 1.165) is 6.26 Å². The molecule has 1 aliphatic carbocycles. The molecule has 1 amide bonds. The first-order valence-electron chi connectivity index (χ1n) is 15.7. The van der Waals surface area contributed by atoms with E-state index in [-0.39, 0.29) is 46.1 Å². The van der Waals surface area contributed by atoms with E-state index in [9.17, 15) is 31.2 Å². The monoisotopic (exact) mass is 751 g/mol. The Morgan fingerprint density at radius 3 is 2.22 bits per heavy atom. The molecular weight excluding hydrogens is 713 g/mol. The molecule has 2 aromatic rings. The number of benzene rings is 2. The highest BCUT2D eigenvalue weighted by Gasteiger charge is 2.66. The lowest BCUT2D eigenvalue weighted by Gasteiger charge is -2.38. The molecule has 5 rings (SSSR count). The van der Waals surface area contributed by atoms with Crippen LogP contribution in [0.25, 0.3) is 0 Å². The van der Waals surface area contributed by atoms with Gasteiger partial charge in [0, 0.05) is 35.1 Å². The van der Waals surface area contributed by atoms with Crippen LogP contribution in [0.5, 0.6) is 0 Å². The lowest BCUT2D eigenvalue weighted by atomic mass is 9.62. The minimum Gasteiger partial charge on any atom is -0.475 e. The van der Waals surface area contributed by atoms with Crippen molar-refractivity contribution in [2.45, 2.75) is 94.9 Å². The second kappa shape index (κ2) is 14.5. The molecule has 2 fully saturated rings. The molecule has 4 N–H and O–H groups in total. The summed E-state index contributed by atoms with van der Waals surface area (Å²) in [6.45, 7) is 6.22. The highest BCUT2D eigenvalue weighted by Crippen LogP contribution is 2.57. The molecule has 2 aromatic carbocycles. The summed E-state index contributed by atoms with van der Waals surface area (Å²) in [5, 5.41) is 14.1. The zero-order valence-corrected chi connectivity index (χ0v) is 29.6. The molecule has 3 aliphatic rings. The van der Waals surface area contributed by atoms with E-state index in [0.29, 0.717) is 48.4 Å². The van der Waals surface area contributed by atoms with Gasteiger partial charge in [-0.25, -0.2) is 22.3 Å². The number of carbonyl (C=O) groups is 3. The molecular formula is C33H39Cl2F4N3O6S. The van der Waals surface area contributed by atoms with Crippen molar-refractivity contribution in [3.8, 4) is 0 Å². The van der Waals surface area contributed by atoms with E-state index in [2.05, 4.69) is 36.1 Å². The van der Waals surface area contributed by atoms with Crippen LogP contribution in [0, 0.1) is 17.2 Å². The molecule has 1 saturated heterocycles. The van der Waals surface area contributed by atoms with Gasteiger partial charge in [0.15, 0.2) is 5.78 Å². The molecule has 49 heavy (non-hydrogen) atoms. The first kappa shape index (κ1) is 39.0. The summed E-state index contributed by atoms with van der Waals surface area (Å²) >= 11 is 12.6. The number of fused-ring (bicyclic) bond motifs is 2. The van der Waals surface area contributed by atoms with Crippen molar-refractivity contribution in [1.82, 2.24) is 10.0 Å². The summed E-state index contributed by atoms with van der Waals surface area (Å²) in [6, 6.07) is 8.50. The number of aliphatic carboxylic acids is 1. The molecule has 2 heterocycles. The number of hydrogen-bond donors (Lipinski definition) is 4. The zero-order chi connectivity index (χ0) is 36.7.